The Hall–Kier alpha value is 0.137. The molecule has 2 rings (SSSR count). The predicted octanol–water partition coefficient (Wildman–Crippen LogP) is 1.38. The van der Waals surface area contributed by atoms with Crippen LogP contribution in [-0.4, -0.2) is 27.8 Å². The summed E-state index contributed by atoms with van der Waals surface area (Å²) in [5.74, 6) is -0.112. The summed E-state index contributed by atoms with van der Waals surface area (Å²) in [4.78, 5) is 0. The maximum Gasteiger partial charge on any atom is 0.167 e. The van der Waals surface area contributed by atoms with Gasteiger partial charge in [0.2, 0.25) is 0 Å². The lowest BCUT2D eigenvalue weighted by Crippen LogP contribution is -2.36. The van der Waals surface area contributed by atoms with Gasteiger partial charge in [-0.2, -0.15) is 0 Å². The molecule has 3 heteroatoms. The van der Waals surface area contributed by atoms with Crippen LogP contribution in [0.5, 0.6) is 0 Å². The molecule has 2 fully saturated rings. The largest absolute Gasteiger partial charge is 0.348 e. The minimum absolute atomic E-state index is 0.112. The van der Waals surface area contributed by atoms with Gasteiger partial charge in [-0.15, -0.1) is 0 Å². The van der Waals surface area contributed by atoms with Gasteiger partial charge < -0.3 is 9.47 Å². The standard InChI is InChI=1S/C8H16O2Si/c1-11-6-2-8(3-7-11)9-4-5-10-8/h11H,2-7H2,1H3. The number of rotatable bonds is 0. The molecule has 0 aliphatic carbocycles. The van der Waals surface area contributed by atoms with Crippen molar-refractivity contribution in [1.29, 1.82) is 0 Å². The first-order valence-corrected chi connectivity index (χ1v) is 7.37. The van der Waals surface area contributed by atoms with Gasteiger partial charge >= 0.3 is 0 Å². The van der Waals surface area contributed by atoms with Gasteiger partial charge in [-0.05, 0) is 12.8 Å². The highest BCUT2D eigenvalue weighted by molar-refractivity contribution is 6.57. The highest BCUT2D eigenvalue weighted by Crippen LogP contribution is 2.35. The number of hydrogen-bond acceptors (Lipinski definition) is 2. The van der Waals surface area contributed by atoms with E-state index in [1.54, 1.807) is 0 Å². The minimum Gasteiger partial charge on any atom is -0.348 e. The third-order valence-corrected chi connectivity index (χ3v) is 5.40. The van der Waals surface area contributed by atoms with Crippen molar-refractivity contribution in [3.8, 4) is 0 Å². The molecule has 2 heterocycles. The lowest BCUT2D eigenvalue weighted by molar-refractivity contribution is -0.163. The number of ether oxygens (including phenoxy) is 2. The van der Waals surface area contributed by atoms with Gasteiger partial charge in [0.1, 0.15) is 0 Å². The summed E-state index contributed by atoms with van der Waals surface area (Å²) >= 11 is 0. The molecule has 1 spiro atoms. The summed E-state index contributed by atoms with van der Waals surface area (Å²) in [6.07, 6.45) is 2.33. The van der Waals surface area contributed by atoms with E-state index >= 15 is 0 Å². The molecule has 2 saturated heterocycles. The summed E-state index contributed by atoms with van der Waals surface area (Å²) in [5.41, 5.74) is 0. The van der Waals surface area contributed by atoms with Crippen molar-refractivity contribution in [2.24, 2.45) is 0 Å². The van der Waals surface area contributed by atoms with Crippen LogP contribution in [0.2, 0.25) is 18.6 Å². The molecule has 0 amide bonds. The molecule has 0 N–H and O–H groups in total. The molecule has 0 aromatic heterocycles. The summed E-state index contributed by atoms with van der Waals surface area (Å²) in [6.45, 7) is 4.08. The molecule has 2 aliphatic rings. The Labute approximate surface area is 69.5 Å². The van der Waals surface area contributed by atoms with E-state index < -0.39 is 0 Å². The van der Waals surface area contributed by atoms with Crippen LogP contribution < -0.4 is 0 Å². The maximum absolute atomic E-state index is 5.63. The van der Waals surface area contributed by atoms with Crippen LogP contribution in [0.1, 0.15) is 12.8 Å². The fraction of sp³-hybridized carbons (Fsp3) is 1.00. The summed E-state index contributed by atoms with van der Waals surface area (Å²) in [5, 5.41) is 0. The highest BCUT2D eigenvalue weighted by atomic mass is 28.3. The lowest BCUT2D eigenvalue weighted by Gasteiger charge is -2.33. The van der Waals surface area contributed by atoms with E-state index in [-0.39, 0.29) is 14.6 Å². The summed E-state index contributed by atoms with van der Waals surface area (Å²) < 4.78 is 11.3. The van der Waals surface area contributed by atoms with Gasteiger partial charge in [-0.1, -0.05) is 18.6 Å². The fourth-order valence-corrected chi connectivity index (χ4v) is 4.14. The van der Waals surface area contributed by atoms with Crippen molar-refractivity contribution in [2.45, 2.75) is 37.3 Å². The second kappa shape index (κ2) is 2.88. The van der Waals surface area contributed by atoms with Gasteiger partial charge in [-0.25, -0.2) is 0 Å². The van der Waals surface area contributed by atoms with Crippen LogP contribution in [0.3, 0.4) is 0 Å². The Morgan fingerprint density at radius 3 is 2.18 bits per heavy atom. The van der Waals surface area contributed by atoms with Crippen LogP contribution in [0.15, 0.2) is 0 Å². The van der Waals surface area contributed by atoms with Crippen molar-refractivity contribution in [2.75, 3.05) is 13.2 Å². The summed E-state index contributed by atoms with van der Waals surface area (Å²) in [7, 11) is -0.337. The monoisotopic (exact) mass is 172 g/mol. The van der Waals surface area contributed by atoms with E-state index in [1.807, 2.05) is 0 Å². The molecule has 11 heavy (non-hydrogen) atoms. The Morgan fingerprint density at radius 1 is 1.09 bits per heavy atom. The first-order chi connectivity index (χ1) is 5.31. The lowest BCUT2D eigenvalue weighted by atomic mass is 10.1. The quantitative estimate of drug-likeness (QED) is 0.514. The molecule has 64 valence electrons. The SMILES string of the molecule is C[SiH]1CCC2(CC1)OCCO2. The molecule has 0 unspecified atom stereocenters. The molecule has 0 radical (unpaired) electrons. The van der Waals surface area contributed by atoms with Crippen molar-refractivity contribution in [1.82, 2.24) is 0 Å². The van der Waals surface area contributed by atoms with Crippen LogP contribution >= 0.6 is 0 Å². The molecule has 0 saturated carbocycles. The van der Waals surface area contributed by atoms with E-state index in [0.29, 0.717) is 0 Å². The van der Waals surface area contributed by atoms with Crippen LogP contribution in [0.25, 0.3) is 0 Å². The highest BCUT2D eigenvalue weighted by Gasteiger charge is 2.39. The Balaban J connectivity index is 1.94. The Kier molecular flexibility index (Phi) is 2.04. The first kappa shape index (κ1) is 7.77. The minimum atomic E-state index is -0.337. The molecule has 0 bridgehead atoms. The third kappa shape index (κ3) is 1.50. The topological polar surface area (TPSA) is 18.5 Å². The zero-order chi connectivity index (χ0) is 7.73. The van der Waals surface area contributed by atoms with E-state index in [1.165, 1.54) is 24.9 Å². The average molecular weight is 172 g/mol. The zero-order valence-corrected chi connectivity index (χ0v) is 8.29. The molecule has 2 nitrogen and oxygen atoms in total. The molecular weight excluding hydrogens is 156 g/mol. The predicted molar refractivity (Wildman–Crippen MR) is 46.5 cm³/mol. The Morgan fingerprint density at radius 2 is 1.64 bits per heavy atom. The second-order valence-corrected chi connectivity index (χ2v) is 7.16. The van der Waals surface area contributed by atoms with Crippen LogP contribution in [0.4, 0.5) is 0 Å². The fourth-order valence-electron chi connectivity index (χ4n) is 1.99. The van der Waals surface area contributed by atoms with E-state index in [2.05, 4.69) is 6.55 Å². The zero-order valence-electron chi connectivity index (χ0n) is 7.14. The van der Waals surface area contributed by atoms with Crippen LogP contribution in [-0.2, 0) is 9.47 Å². The molecule has 0 atom stereocenters. The molecule has 0 aromatic rings. The van der Waals surface area contributed by atoms with Crippen molar-refractivity contribution in [3.63, 3.8) is 0 Å². The Bertz CT molecular complexity index is 133. The summed E-state index contributed by atoms with van der Waals surface area (Å²) in [6, 6.07) is 2.81. The third-order valence-electron chi connectivity index (χ3n) is 2.85. The van der Waals surface area contributed by atoms with Crippen molar-refractivity contribution in [3.05, 3.63) is 0 Å². The van der Waals surface area contributed by atoms with Gasteiger partial charge in [-0.3, -0.25) is 0 Å². The van der Waals surface area contributed by atoms with Crippen molar-refractivity contribution >= 4 is 8.80 Å². The second-order valence-electron chi connectivity index (χ2n) is 3.79. The first-order valence-electron chi connectivity index (χ1n) is 4.59. The normalized spacial score (nSPS) is 31.4. The molecule has 0 aromatic carbocycles. The smallest absolute Gasteiger partial charge is 0.167 e. The maximum atomic E-state index is 5.63. The van der Waals surface area contributed by atoms with Gasteiger partial charge in [0.15, 0.2) is 5.79 Å². The van der Waals surface area contributed by atoms with Crippen molar-refractivity contribution < 1.29 is 9.47 Å². The average Bonchev–Trinajstić information content (AvgIpc) is 2.45. The van der Waals surface area contributed by atoms with Crippen LogP contribution in [0, 0.1) is 0 Å². The van der Waals surface area contributed by atoms with E-state index in [0.717, 1.165) is 13.2 Å². The van der Waals surface area contributed by atoms with E-state index in [9.17, 15) is 0 Å². The van der Waals surface area contributed by atoms with Gasteiger partial charge in [0.25, 0.3) is 0 Å². The molecular formula is C8H16O2Si. The molecule has 2 aliphatic heterocycles. The van der Waals surface area contributed by atoms with Gasteiger partial charge in [0.05, 0.1) is 13.2 Å². The number of hydrogen-bond donors (Lipinski definition) is 0. The van der Waals surface area contributed by atoms with Gasteiger partial charge in [0, 0.05) is 8.80 Å². The van der Waals surface area contributed by atoms with E-state index in [4.69, 9.17) is 9.47 Å².